The topological polar surface area (TPSA) is 96.5 Å². The Balaban J connectivity index is 1.50. The number of hydrogen-bond acceptors (Lipinski definition) is 6. The lowest BCUT2D eigenvalue weighted by Crippen LogP contribution is -2.17. The van der Waals surface area contributed by atoms with Crippen LogP contribution in [0.4, 0.5) is 0 Å². The Kier molecular flexibility index (Phi) is 4.33. The number of rotatable bonds is 6. The third-order valence-electron chi connectivity index (χ3n) is 4.87. The van der Waals surface area contributed by atoms with Gasteiger partial charge in [0.05, 0.1) is 11.4 Å². The zero-order valence-electron chi connectivity index (χ0n) is 15.9. The van der Waals surface area contributed by atoms with Gasteiger partial charge in [-0.2, -0.15) is 5.10 Å². The van der Waals surface area contributed by atoms with Crippen molar-refractivity contribution in [3.8, 4) is 5.95 Å². The van der Waals surface area contributed by atoms with Gasteiger partial charge in [-0.1, -0.05) is 11.8 Å². The van der Waals surface area contributed by atoms with Crippen molar-refractivity contribution in [2.75, 3.05) is 11.6 Å². The fraction of sp³-hybridized carbons (Fsp3) is 0.444. The van der Waals surface area contributed by atoms with Crippen molar-refractivity contribution < 1.29 is 4.79 Å². The van der Waals surface area contributed by atoms with Crippen LogP contribution in [-0.2, 0) is 0 Å². The van der Waals surface area contributed by atoms with Crippen molar-refractivity contribution in [3.63, 3.8) is 0 Å². The van der Waals surface area contributed by atoms with E-state index >= 15 is 0 Å². The van der Waals surface area contributed by atoms with Gasteiger partial charge in [-0.05, 0) is 52.7 Å². The molecule has 3 aromatic rings. The normalized spacial score (nSPS) is 14.1. The van der Waals surface area contributed by atoms with E-state index in [0.29, 0.717) is 17.1 Å². The molecule has 0 bridgehead atoms. The van der Waals surface area contributed by atoms with Gasteiger partial charge in [0.15, 0.2) is 5.78 Å². The average molecular weight is 385 g/mol. The highest BCUT2D eigenvalue weighted by Gasteiger charge is 2.28. The van der Waals surface area contributed by atoms with E-state index in [-0.39, 0.29) is 11.5 Å². The molecule has 2 N–H and O–H groups in total. The maximum absolute atomic E-state index is 12.7. The quantitative estimate of drug-likeness (QED) is 0.398. The molecule has 0 aromatic carbocycles. The second kappa shape index (κ2) is 6.56. The number of Topliss-reactive ketones (excluding diaryl/α,β-unsaturated/α-hetero) is 1. The Morgan fingerprint density at radius 3 is 2.56 bits per heavy atom. The molecular weight excluding hydrogens is 362 g/mol. The van der Waals surface area contributed by atoms with Gasteiger partial charge < -0.3 is 10.4 Å². The lowest BCUT2D eigenvalue weighted by molar-refractivity contribution is 0.102. The number of aromatic nitrogens is 6. The Hall–Kier alpha value is -2.55. The van der Waals surface area contributed by atoms with Crippen LogP contribution < -0.4 is 5.84 Å². The van der Waals surface area contributed by atoms with E-state index in [4.69, 9.17) is 5.84 Å². The maximum Gasteiger partial charge on any atom is 0.271 e. The predicted octanol–water partition coefficient (Wildman–Crippen LogP) is 2.52. The molecule has 1 saturated carbocycles. The number of nitrogens with zero attached hydrogens (tertiary/aromatic N) is 6. The third-order valence-corrected chi connectivity index (χ3v) is 5.82. The molecule has 9 heteroatoms. The van der Waals surface area contributed by atoms with Gasteiger partial charge in [0.25, 0.3) is 5.95 Å². The first-order valence-electron chi connectivity index (χ1n) is 8.95. The van der Waals surface area contributed by atoms with Crippen molar-refractivity contribution >= 4 is 17.5 Å². The van der Waals surface area contributed by atoms with Crippen molar-refractivity contribution in [1.29, 1.82) is 0 Å². The zero-order valence-corrected chi connectivity index (χ0v) is 16.7. The van der Waals surface area contributed by atoms with E-state index in [0.717, 1.165) is 28.3 Å². The molecule has 0 aliphatic heterocycles. The molecule has 0 amide bonds. The molecule has 0 atom stereocenters. The fourth-order valence-electron chi connectivity index (χ4n) is 3.51. The minimum absolute atomic E-state index is 0.0793. The van der Waals surface area contributed by atoms with Crippen LogP contribution >= 0.6 is 11.8 Å². The standard InChI is InChI=1S/C18H23N7OS/c1-10-7-12(3)25(22-10)17-20-21-18(24(17)19)27-9-16(26)15-8-11(2)23(13(15)4)14-5-6-14/h7-8,14H,5-6,9,19H2,1-4H3. The number of thioether (sulfide) groups is 1. The largest absolute Gasteiger partial charge is 0.345 e. The third kappa shape index (κ3) is 3.16. The average Bonchev–Trinajstić information content (AvgIpc) is 3.20. The van der Waals surface area contributed by atoms with Crippen LogP contribution in [0.25, 0.3) is 5.95 Å². The Morgan fingerprint density at radius 1 is 1.19 bits per heavy atom. The van der Waals surface area contributed by atoms with Crippen LogP contribution in [0.1, 0.15) is 52.0 Å². The van der Waals surface area contributed by atoms with Crippen molar-refractivity contribution in [2.45, 2.75) is 51.7 Å². The molecule has 27 heavy (non-hydrogen) atoms. The molecule has 3 aromatic heterocycles. The van der Waals surface area contributed by atoms with Crippen molar-refractivity contribution in [2.24, 2.45) is 0 Å². The molecule has 0 saturated heterocycles. The summed E-state index contributed by atoms with van der Waals surface area (Å²) in [5.41, 5.74) is 4.79. The van der Waals surface area contributed by atoms with Crippen molar-refractivity contribution in [1.82, 2.24) is 29.2 Å². The minimum Gasteiger partial charge on any atom is -0.345 e. The molecule has 3 heterocycles. The van der Waals surface area contributed by atoms with Crippen LogP contribution in [-0.4, -0.2) is 40.8 Å². The van der Waals surface area contributed by atoms with Crippen LogP contribution in [0.15, 0.2) is 17.3 Å². The first kappa shape index (κ1) is 17.8. The molecular formula is C18H23N7OS. The SMILES string of the molecule is Cc1cc(C)n(-c2nnc(SCC(=O)c3cc(C)n(C4CC4)c3C)n2N)n1. The van der Waals surface area contributed by atoms with E-state index in [2.05, 4.69) is 26.8 Å². The van der Waals surface area contributed by atoms with Gasteiger partial charge >= 0.3 is 0 Å². The number of nitrogens with two attached hydrogens (primary N) is 1. The Morgan fingerprint density at radius 2 is 1.93 bits per heavy atom. The van der Waals surface area contributed by atoms with Crippen LogP contribution in [0.3, 0.4) is 0 Å². The zero-order chi connectivity index (χ0) is 19.3. The number of hydrogen-bond donors (Lipinski definition) is 1. The van der Waals surface area contributed by atoms with Crippen LogP contribution in [0.5, 0.6) is 0 Å². The molecule has 142 valence electrons. The molecule has 0 spiro atoms. The monoisotopic (exact) mass is 385 g/mol. The van der Waals surface area contributed by atoms with E-state index in [1.807, 2.05) is 32.9 Å². The summed E-state index contributed by atoms with van der Waals surface area (Å²) in [6.07, 6.45) is 2.40. The highest BCUT2D eigenvalue weighted by Crippen LogP contribution is 2.38. The van der Waals surface area contributed by atoms with E-state index < -0.39 is 0 Å². The predicted molar refractivity (Wildman–Crippen MR) is 104 cm³/mol. The first-order valence-corrected chi connectivity index (χ1v) is 9.94. The van der Waals surface area contributed by atoms with Gasteiger partial charge in [0, 0.05) is 28.7 Å². The van der Waals surface area contributed by atoms with Crippen LogP contribution in [0.2, 0.25) is 0 Å². The van der Waals surface area contributed by atoms with Crippen molar-refractivity contribution in [3.05, 3.63) is 40.5 Å². The summed E-state index contributed by atoms with van der Waals surface area (Å²) in [6, 6.07) is 4.50. The summed E-state index contributed by atoms with van der Waals surface area (Å²) in [5, 5.41) is 13.1. The number of nitrogen functional groups attached to an aromatic ring is 1. The number of ketones is 1. The van der Waals surface area contributed by atoms with E-state index in [9.17, 15) is 4.79 Å². The molecule has 1 aliphatic carbocycles. The van der Waals surface area contributed by atoms with Crippen LogP contribution in [0, 0.1) is 27.7 Å². The lowest BCUT2D eigenvalue weighted by Gasteiger charge is -2.07. The minimum atomic E-state index is 0.0793. The van der Waals surface area contributed by atoms with E-state index in [1.165, 1.54) is 29.3 Å². The summed E-state index contributed by atoms with van der Waals surface area (Å²) in [4.78, 5) is 12.7. The Bertz CT molecular complexity index is 1030. The first-order chi connectivity index (χ1) is 12.9. The maximum atomic E-state index is 12.7. The van der Waals surface area contributed by atoms with Gasteiger partial charge in [-0.15, -0.1) is 10.2 Å². The summed E-state index contributed by atoms with van der Waals surface area (Å²) in [6.45, 7) is 7.93. The Labute approximate surface area is 161 Å². The molecule has 1 aliphatic rings. The number of carbonyl (C=O) groups excluding carboxylic acids is 1. The molecule has 8 nitrogen and oxygen atoms in total. The van der Waals surface area contributed by atoms with Gasteiger partial charge in [0.1, 0.15) is 0 Å². The summed E-state index contributed by atoms with van der Waals surface area (Å²) < 4.78 is 5.31. The lowest BCUT2D eigenvalue weighted by atomic mass is 10.2. The molecule has 1 fully saturated rings. The van der Waals surface area contributed by atoms with Gasteiger partial charge in [-0.3, -0.25) is 4.79 Å². The summed E-state index contributed by atoms with van der Waals surface area (Å²) in [5.74, 6) is 6.92. The smallest absolute Gasteiger partial charge is 0.271 e. The highest BCUT2D eigenvalue weighted by molar-refractivity contribution is 7.99. The van der Waals surface area contributed by atoms with Gasteiger partial charge in [-0.25, -0.2) is 9.36 Å². The summed E-state index contributed by atoms with van der Waals surface area (Å²) in [7, 11) is 0. The second-order valence-corrected chi connectivity index (χ2v) is 8.03. The van der Waals surface area contributed by atoms with E-state index in [1.54, 1.807) is 4.68 Å². The van der Waals surface area contributed by atoms with Gasteiger partial charge in [0.2, 0.25) is 5.16 Å². The molecule has 0 unspecified atom stereocenters. The molecule has 4 rings (SSSR count). The number of aryl methyl sites for hydroxylation is 3. The fourth-order valence-corrected chi connectivity index (χ4v) is 4.24. The highest BCUT2D eigenvalue weighted by atomic mass is 32.2. The second-order valence-electron chi connectivity index (χ2n) is 7.09. The molecule has 0 radical (unpaired) electrons. The number of carbonyl (C=O) groups is 1. The summed E-state index contributed by atoms with van der Waals surface area (Å²) >= 11 is 1.29.